The highest BCUT2D eigenvalue weighted by Crippen LogP contribution is 2.40. The maximum absolute atomic E-state index is 13.3. The van der Waals surface area contributed by atoms with Gasteiger partial charge >= 0.3 is 0 Å². The monoisotopic (exact) mass is 368 g/mol. The molecule has 138 valence electrons. The van der Waals surface area contributed by atoms with Crippen LogP contribution in [0.2, 0.25) is 0 Å². The molecule has 0 atom stereocenters. The Morgan fingerprint density at radius 3 is 2.71 bits per heavy atom. The largest absolute Gasteiger partial charge is 0.399 e. The first-order chi connectivity index (χ1) is 13.5. The van der Waals surface area contributed by atoms with Gasteiger partial charge in [-0.1, -0.05) is 12.1 Å². The molecule has 2 aromatic carbocycles. The average molecular weight is 368 g/mol. The molecule has 4 rings (SSSR count). The van der Waals surface area contributed by atoms with Crippen molar-refractivity contribution in [3.63, 3.8) is 0 Å². The minimum Gasteiger partial charge on any atom is -0.399 e. The van der Waals surface area contributed by atoms with Crippen molar-refractivity contribution in [1.29, 1.82) is 5.26 Å². The summed E-state index contributed by atoms with van der Waals surface area (Å²) in [5.41, 5.74) is 13.4. The van der Waals surface area contributed by atoms with Gasteiger partial charge in [0.25, 0.3) is 5.91 Å². The Bertz CT molecular complexity index is 1160. The van der Waals surface area contributed by atoms with Gasteiger partial charge in [-0.25, -0.2) is 0 Å². The third kappa shape index (κ3) is 3.06. The number of nitriles is 1. The molecule has 5 nitrogen and oxygen atoms in total. The fraction of sp³-hybridized carbons (Fsp3) is 0.130. The Kier molecular flexibility index (Phi) is 4.25. The van der Waals surface area contributed by atoms with Crippen LogP contribution in [0.5, 0.6) is 0 Å². The summed E-state index contributed by atoms with van der Waals surface area (Å²) in [5, 5.41) is 9.14. The summed E-state index contributed by atoms with van der Waals surface area (Å²) in [5.74, 6) is -0.0744. The second-order valence-electron chi connectivity index (χ2n) is 7.09. The molecule has 0 radical (unpaired) electrons. The van der Waals surface area contributed by atoms with Crippen LogP contribution >= 0.6 is 0 Å². The summed E-state index contributed by atoms with van der Waals surface area (Å²) >= 11 is 0. The molecule has 2 heterocycles. The van der Waals surface area contributed by atoms with Crippen molar-refractivity contribution in [1.82, 2.24) is 4.98 Å². The van der Waals surface area contributed by atoms with Crippen LogP contribution in [0, 0.1) is 25.2 Å². The molecule has 0 unspecified atom stereocenters. The smallest absolute Gasteiger partial charge is 0.259 e. The van der Waals surface area contributed by atoms with Crippen LogP contribution < -0.4 is 10.6 Å². The maximum Gasteiger partial charge on any atom is 0.259 e. The lowest BCUT2D eigenvalue weighted by molar-refractivity contribution is -0.113. The highest BCUT2D eigenvalue weighted by atomic mass is 16.2. The second-order valence-corrected chi connectivity index (χ2v) is 7.09. The number of hydrogen-bond acceptors (Lipinski definition) is 3. The standard InChI is InChI=1S/C23H20N4O/c1-14-8-15(2)26-21(14)11-20-19-10-18(25)6-7-22(19)27(23(20)28)13-17-5-3-4-16(9-17)12-24/h3-11,26H,13,25H2,1-2H3/b20-11-. The summed E-state index contributed by atoms with van der Waals surface area (Å²) in [6.07, 6.45) is 1.90. The van der Waals surface area contributed by atoms with Crippen LogP contribution in [-0.2, 0) is 11.3 Å². The van der Waals surface area contributed by atoms with E-state index in [1.165, 1.54) is 0 Å². The van der Waals surface area contributed by atoms with Crippen molar-refractivity contribution in [2.45, 2.75) is 20.4 Å². The van der Waals surface area contributed by atoms with Gasteiger partial charge in [0.15, 0.2) is 0 Å². The predicted molar refractivity (Wildman–Crippen MR) is 111 cm³/mol. The Hall–Kier alpha value is -3.78. The van der Waals surface area contributed by atoms with Gasteiger partial charge in [0.2, 0.25) is 0 Å². The number of aromatic amines is 1. The third-order valence-electron chi connectivity index (χ3n) is 4.95. The zero-order chi connectivity index (χ0) is 19.8. The molecule has 3 aromatic rings. The molecule has 1 aromatic heterocycles. The molecule has 1 aliphatic rings. The van der Waals surface area contributed by atoms with Gasteiger partial charge < -0.3 is 15.6 Å². The zero-order valence-corrected chi connectivity index (χ0v) is 15.8. The number of nitrogens with two attached hydrogens (primary N) is 1. The Morgan fingerprint density at radius 2 is 2.00 bits per heavy atom. The van der Waals surface area contributed by atoms with Crippen LogP contribution in [0.25, 0.3) is 11.6 Å². The van der Waals surface area contributed by atoms with E-state index in [1.54, 1.807) is 17.0 Å². The molecule has 3 N–H and O–H groups in total. The summed E-state index contributed by atoms with van der Waals surface area (Å²) in [6.45, 7) is 4.40. The molecule has 28 heavy (non-hydrogen) atoms. The van der Waals surface area contributed by atoms with E-state index in [-0.39, 0.29) is 5.91 Å². The van der Waals surface area contributed by atoms with Gasteiger partial charge in [0, 0.05) is 22.6 Å². The van der Waals surface area contributed by atoms with E-state index in [2.05, 4.69) is 17.1 Å². The van der Waals surface area contributed by atoms with Crippen molar-refractivity contribution in [3.05, 3.63) is 82.2 Å². The molecule has 0 bridgehead atoms. The molecule has 0 saturated carbocycles. The first-order valence-electron chi connectivity index (χ1n) is 9.05. The van der Waals surface area contributed by atoms with Gasteiger partial charge in [-0.05, 0) is 67.4 Å². The van der Waals surface area contributed by atoms with Crippen molar-refractivity contribution in [3.8, 4) is 6.07 Å². The molecule has 0 saturated heterocycles. The average Bonchev–Trinajstić information content (AvgIpc) is 3.12. The minimum atomic E-state index is -0.0744. The van der Waals surface area contributed by atoms with Gasteiger partial charge in [0.1, 0.15) is 0 Å². The highest BCUT2D eigenvalue weighted by Gasteiger charge is 2.32. The number of aryl methyl sites for hydroxylation is 2. The number of nitrogens with zero attached hydrogens (tertiary/aromatic N) is 2. The minimum absolute atomic E-state index is 0.0744. The van der Waals surface area contributed by atoms with Crippen molar-refractivity contribution < 1.29 is 4.79 Å². The predicted octanol–water partition coefficient (Wildman–Crippen LogP) is 4.17. The van der Waals surface area contributed by atoms with Gasteiger partial charge in [-0.2, -0.15) is 5.26 Å². The Balaban J connectivity index is 1.79. The van der Waals surface area contributed by atoms with Gasteiger partial charge in [-0.3, -0.25) is 4.79 Å². The van der Waals surface area contributed by atoms with E-state index in [0.29, 0.717) is 23.4 Å². The van der Waals surface area contributed by atoms with E-state index in [1.807, 2.05) is 50.3 Å². The number of aromatic nitrogens is 1. The molecule has 0 fully saturated rings. The van der Waals surface area contributed by atoms with Crippen LogP contribution in [0.4, 0.5) is 11.4 Å². The SMILES string of the molecule is Cc1cc(C)c(/C=C2\C(=O)N(Cc3cccc(C#N)c3)c3ccc(N)cc32)[nH]1. The molecule has 1 amide bonds. The molecular weight excluding hydrogens is 348 g/mol. The number of benzene rings is 2. The first-order valence-corrected chi connectivity index (χ1v) is 9.05. The van der Waals surface area contributed by atoms with Crippen molar-refractivity contribution >= 4 is 28.9 Å². The molecule has 5 heteroatoms. The normalized spacial score (nSPS) is 14.4. The van der Waals surface area contributed by atoms with E-state index in [0.717, 1.165) is 33.8 Å². The van der Waals surface area contributed by atoms with Crippen LogP contribution in [0.3, 0.4) is 0 Å². The lowest BCUT2D eigenvalue weighted by Crippen LogP contribution is -2.25. The third-order valence-corrected chi connectivity index (χ3v) is 4.95. The second kappa shape index (κ2) is 6.75. The number of anilines is 2. The topological polar surface area (TPSA) is 85.9 Å². The van der Waals surface area contributed by atoms with E-state index in [4.69, 9.17) is 11.0 Å². The number of nitrogen functional groups attached to an aromatic ring is 1. The Morgan fingerprint density at radius 1 is 1.18 bits per heavy atom. The quantitative estimate of drug-likeness (QED) is 0.537. The van der Waals surface area contributed by atoms with Gasteiger partial charge in [-0.15, -0.1) is 0 Å². The zero-order valence-electron chi connectivity index (χ0n) is 15.8. The fourth-order valence-corrected chi connectivity index (χ4v) is 3.64. The number of amides is 1. The number of fused-ring (bicyclic) bond motifs is 1. The maximum atomic E-state index is 13.3. The number of carbonyl (C=O) groups excluding carboxylic acids is 1. The lowest BCUT2D eigenvalue weighted by atomic mass is 10.0. The summed E-state index contributed by atoms with van der Waals surface area (Å²) in [7, 11) is 0. The van der Waals surface area contributed by atoms with Crippen molar-refractivity contribution in [2.75, 3.05) is 10.6 Å². The summed E-state index contributed by atoms with van der Waals surface area (Å²) < 4.78 is 0. The molecule has 0 aliphatic carbocycles. The van der Waals surface area contributed by atoms with Crippen LogP contribution in [-0.4, -0.2) is 10.9 Å². The number of nitrogens with one attached hydrogen (secondary N) is 1. The molecular formula is C23H20N4O. The fourth-order valence-electron chi connectivity index (χ4n) is 3.64. The van der Waals surface area contributed by atoms with Crippen LogP contribution in [0.1, 0.15) is 33.6 Å². The molecule has 1 aliphatic heterocycles. The summed E-state index contributed by atoms with van der Waals surface area (Å²) in [4.78, 5) is 18.3. The van der Waals surface area contributed by atoms with Crippen LogP contribution in [0.15, 0.2) is 48.5 Å². The summed E-state index contributed by atoms with van der Waals surface area (Å²) in [6, 6.07) is 17.0. The van der Waals surface area contributed by atoms with Gasteiger partial charge in [0.05, 0.1) is 29.4 Å². The number of rotatable bonds is 3. The van der Waals surface area contributed by atoms with E-state index in [9.17, 15) is 4.79 Å². The Labute approximate surface area is 163 Å². The van der Waals surface area contributed by atoms with E-state index >= 15 is 0 Å². The lowest BCUT2D eigenvalue weighted by Gasteiger charge is -2.17. The number of H-pyrrole nitrogens is 1. The first kappa shape index (κ1) is 17.6. The highest BCUT2D eigenvalue weighted by molar-refractivity contribution is 6.35. The van der Waals surface area contributed by atoms with Crippen molar-refractivity contribution in [2.24, 2.45) is 0 Å². The molecule has 0 spiro atoms. The van der Waals surface area contributed by atoms with E-state index < -0.39 is 0 Å². The number of carbonyl (C=O) groups is 1. The number of hydrogen-bond donors (Lipinski definition) is 2.